The Hall–Kier alpha value is -2.57. The highest BCUT2D eigenvalue weighted by atomic mass is 35.5. The molecule has 1 fully saturated rings. The van der Waals surface area contributed by atoms with E-state index >= 15 is 0 Å². The minimum Gasteiger partial charge on any atom is -0.387 e. The molecule has 156 valence electrons. The van der Waals surface area contributed by atoms with Gasteiger partial charge in [-0.1, -0.05) is 48.0 Å². The lowest BCUT2D eigenvalue weighted by atomic mass is 9.76. The van der Waals surface area contributed by atoms with E-state index in [1.54, 1.807) is 24.3 Å². The quantitative estimate of drug-likeness (QED) is 0.602. The summed E-state index contributed by atoms with van der Waals surface area (Å²) in [4.78, 5) is 17.4. The molecule has 1 amide bonds. The number of aromatic nitrogens is 1. The topological polar surface area (TPSA) is 62.2 Å². The summed E-state index contributed by atoms with van der Waals surface area (Å²) in [7, 11) is 0. The first-order valence-corrected chi connectivity index (χ1v) is 10.2. The number of hydrogen-bond acceptors (Lipinski definition) is 3. The molecule has 0 aliphatic heterocycles. The molecule has 0 spiro atoms. The Kier molecular flexibility index (Phi) is 5.71. The second-order valence-corrected chi connectivity index (χ2v) is 8.09. The van der Waals surface area contributed by atoms with Crippen LogP contribution in [-0.4, -0.2) is 27.8 Å². The van der Waals surface area contributed by atoms with E-state index in [4.69, 9.17) is 11.6 Å². The van der Waals surface area contributed by atoms with E-state index in [-0.39, 0.29) is 42.0 Å². The van der Waals surface area contributed by atoms with Crippen molar-refractivity contribution in [1.29, 1.82) is 0 Å². The van der Waals surface area contributed by atoms with Crippen LogP contribution in [0.25, 0.3) is 10.8 Å². The van der Waals surface area contributed by atoms with Gasteiger partial charge in [0.1, 0.15) is 17.7 Å². The van der Waals surface area contributed by atoms with Crippen LogP contribution in [0.4, 0.5) is 8.78 Å². The largest absolute Gasteiger partial charge is 0.387 e. The summed E-state index contributed by atoms with van der Waals surface area (Å²) in [5.74, 6) is -1.17. The molecule has 1 atom stereocenters. The summed E-state index contributed by atoms with van der Waals surface area (Å²) in [5.41, 5.74) is -1.02. The van der Waals surface area contributed by atoms with Gasteiger partial charge in [-0.25, -0.2) is 8.78 Å². The van der Waals surface area contributed by atoms with Crippen LogP contribution in [-0.2, 0) is 0 Å². The van der Waals surface area contributed by atoms with Gasteiger partial charge in [0.05, 0.1) is 16.7 Å². The van der Waals surface area contributed by atoms with Gasteiger partial charge in [-0.05, 0) is 48.8 Å². The molecule has 1 aromatic heterocycles. The Labute approximate surface area is 177 Å². The summed E-state index contributed by atoms with van der Waals surface area (Å²) >= 11 is 6.20. The zero-order valence-corrected chi connectivity index (χ0v) is 16.9. The summed E-state index contributed by atoms with van der Waals surface area (Å²) in [6.07, 6.45) is 1.07. The van der Waals surface area contributed by atoms with E-state index < -0.39 is 29.5 Å². The smallest absolute Gasteiger partial charge is 0.271 e. The van der Waals surface area contributed by atoms with Gasteiger partial charge in [0.2, 0.25) is 0 Å². The van der Waals surface area contributed by atoms with Crippen LogP contribution < -0.4 is 5.32 Å². The number of carbonyl (C=O) groups is 1. The molecule has 1 unspecified atom stereocenters. The summed E-state index contributed by atoms with van der Waals surface area (Å²) in [5, 5.41) is 15.5. The van der Waals surface area contributed by atoms with E-state index in [0.29, 0.717) is 5.39 Å². The fraction of sp³-hybridized carbons (Fsp3) is 0.304. The maximum atomic E-state index is 14.2. The minimum atomic E-state index is -1.46. The second-order valence-electron chi connectivity index (χ2n) is 7.71. The van der Waals surface area contributed by atoms with E-state index in [1.165, 1.54) is 18.3 Å². The number of alkyl halides is 1. The lowest BCUT2D eigenvalue weighted by molar-refractivity contribution is -0.0446. The predicted octanol–water partition coefficient (Wildman–Crippen LogP) is 5.14. The second kappa shape index (κ2) is 8.28. The van der Waals surface area contributed by atoms with Crippen molar-refractivity contribution in [1.82, 2.24) is 10.3 Å². The average molecular weight is 431 g/mol. The Morgan fingerprint density at radius 2 is 1.90 bits per heavy atom. The van der Waals surface area contributed by atoms with Gasteiger partial charge in [-0.2, -0.15) is 0 Å². The van der Waals surface area contributed by atoms with Crippen molar-refractivity contribution in [3.63, 3.8) is 0 Å². The van der Waals surface area contributed by atoms with Crippen LogP contribution in [0.5, 0.6) is 0 Å². The summed E-state index contributed by atoms with van der Waals surface area (Å²) in [6.45, 7) is 0. The van der Waals surface area contributed by atoms with Crippen molar-refractivity contribution in [2.24, 2.45) is 0 Å². The van der Waals surface area contributed by atoms with Crippen LogP contribution in [0.3, 0.4) is 0 Å². The Morgan fingerprint density at radius 3 is 2.67 bits per heavy atom. The zero-order valence-electron chi connectivity index (χ0n) is 16.1. The number of nitrogens with zero attached hydrogens (tertiary/aromatic N) is 1. The fourth-order valence-corrected chi connectivity index (χ4v) is 4.35. The Bertz CT molecular complexity index is 1080. The molecule has 2 aromatic carbocycles. The van der Waals surface area contributed by atoms with Crippen molar-refractivity contribution >= 4 is 28.3 Å². The van der Waals surface area contributed by atoms with Gasteiger partial charge < -0.3 is 10.4 Å². The molecule has 0 saturated heterocycles. The third-order valence-electron chi connectivity index (χ3n) is 5.77. The predicted molar refractivity (Wildman–Crippen MR) is 112 cm³/mol. The number of benzene rings is 2. The van der Waals surface area contributed by atoms with Gasteiger partial charge in [-0.3, -0.25) is 9.78 Å². The summed E-state index contributed by atoms with van der Waals surface area (Å²) < 4.78 is 27.9. The van der Waals surface area contributed by atoms with Gasteiger partial charge in [0.15, 0.2) is 0 Å². The molecule has 30 heavy (non-hydrogen) atoms. The normalized spacial score (nSPS) is 22.6. The molecular formula is C23H21ClF2N2O2. The van der Waals surface area contributed by atoms with Crippen molar-refractivity contribution in [2.75, 3.05) is 0 Å². The number of rotatable bonds is 4. The molecule has 2 N–H and O–H groups in total. The van der Waals surface area contributed by atoms with E-state index in [9.17, 15) is 18.7 Å². The fourth-order valence-electron chi connectivity index (χ4n) is 4.12. The maximum Gasteiger partial charge on any atom is 0.271 e. The van der Waals surface area contributed by atoms with Crippen LogP contribution in [0.1, 0.15) is 47.8 Å². The molecular weight excluding hydrogens is 410 g/mol. The lowest BCUT2D eigenvalue weighted by Gasteiger charge is -2.41. The minimum absolute atomic E-state index is 0.120. The van der Waals surface area contributed by atoms with E-state index in [2.05, 4.69) is 10.3 Å². The number of halogens is 3. The van der Waals surface area contributed by atoms with Crippen LogP contribution >= 0.6 is 11.6 Å². The average Bonchev–Trinajstić information content (AvgIpc) is 2.76. The van der Waals surface area contributed by atoms with Crippen LogP contribution in [0.2, 0.25) is 5.02 Å². The number of nitrogens with one attached hydrogen (secondary N) is 1. The first kappa shape index (κ1) is 20.7. The third-order valence-corrected chi connectivity index (χ3v) is 6.17. The van der Waals surface area contributed by atoms with Crippen LogP contribution in [0, 0.1) is 5.82 Å². The van der Waals surface area contributed by atoms with Crippen molar-refractivity contribution in [3.8, 4) is 0 Å². The molecule has 1 saturated carbocycles. The highest BCUT2D eigenvalue weighted by molar-refractivity contribution is 6.31. The molecule has 4 nitrogen and oxygen atoms in total. The monoisotopic (exact) mass is 430 g/mol. The molecule has 7 heteroatoms. The maximum absolute atomic E-state index is 14.2. The number of pyridine rings is 1. The van der Waals surface area contributed by atoms with Gasteiger partial charge >= 0.3 is 0 Å². The SMILES string of the molecule is O=C(NC(c1cccc(F)c1Cl)[C@]1(O)CC[C@H](F)CC1)c1nccc2ccccc12. The highest BCUT2D eigenvalue weighted by Crippen LogP contribution is 2.42. The molecule has 4 rings (SSSR count). The number of hydrogen-bond donors (Lipinski definition) is 2. The van der Waals surface area contributed by atoms with Gasteiger partial charge in [0.25, 0.3) is 5.91 Å². The summed E-state index contributed by atoms with van der Waals surface area (Å²) in [6, 6.07) is 12.3. The molecule has 1 aliphatic carbocycles. The van der Waals surface area contributed by atoms with Crippen molar-refractivity contribution in [3.05, 3.63) is 76.8 Å². The van der Waals surface area contributed by atoms with E-state index in [1.807, 2.05) is 12.1 Å². The van der Waals surface area contributed by atoms with Crippen molar-refractivity contribution < 1.29 is 18.7 Å². The van der Waals surface area contributed by atoms with E-state index in [0.717, 1.165) is 5.39 Å². The number of aliphatic hydroxyl groups is 1. The van der Waals surface area contributed by atoms with Gasteiger partial charge in [-0.15, -0.1) is 0 Å². The molecule has 3 aromatic rings. The zero-order chi connectivity index (χ0) is 21.3. The Morgan fingerprint density at radius 1 is 1.17 bits per heavy atom. The molecule has 1 aliphatic rings. The highest BCUT2D eigenvalue weighted by Gasteiger charge is 2.43. The van der Waals surface area contributed by atoms with Crippen LogP contribution in [0.15, 0.2) is 54.7 Å². The molecule has 0 bridgehead atoms. The molecule has 1 heterocycles. The number of fused-ring (bicyclic) bond motifs is 1. The first-order chi connectivity index (χ1) is 14.4. The lowest BCUT2D eigenvalue weighted by Crippen LogP contribution is -2.48. The van der Waals surface area contributed by atoms with Gasteiger partial charge in [0, 0.05) is 11.6 Å². The third kappa shape index (κ3) is 3.89. The first-order valence-electron chi connectivity index (χ1n) is 9.84. The standard InChI is InChI=1S/C23H21ClF2N2O2/c24-19-17(6-3-7-18(19)26)21(23(30)11-8-15(25)9-12-23)28-22(29)20-16-5-2-1-4-14(16)10-13-27-20/h1-7,10,13,15,21,30H,8-9,11-12H2,(H,28,29)/t15-,21?,23-. The molecule has 0 radical (unpaired) electrons. The number of amides is 1. The van der Waals surface area contributed by atoms with Crippen molar-refractivity contribution in [2.45, 2.75) is 43.5 Å². The Balaban J connectivity index is 1.74. The number of carbonyl (C=O) groups excluding carboxylic acids is 1.